The molecule has 0 saturated carbocycles. The van der Waals surface area contributed by atoms with Crippen LogP contribution in [0.25, 0.3) is 6.08 Å². The Hall–Kier alpha value is -3.87. The highest BCUT2D eigenvalue weighted by molar-refractivity contribution is 6.21. The molecule has 0 bridgehead atoms. The number of esters is 1. The molecule has 1 aliphatic rings. The van der Waals surface area contributed by atoms with Crippen molar-refractivity contribution in [1.29, 1.82) is 0 Å². The number of hydrogen-bond donors (Lipinski definition) is 0. The minimum atomic E-state index is -0.586. The molecular weight excluding hydrogens is 386 g/mol. The van der Waals surface area contributed by atoms with E-state index in [2.05, 4.69) is 6.58 Å². The topological polar surface area (TPSA) is 82.1 Å². The number of carbonyl (C=O) groups is 3. The average molecular weight is 407 g/mol. The first kappa shape index (κ1) is 20.9. The predicted octanol–water partition coefficient (Wildman–Crippen LogP) is 3.11. The van der Waals surface area contributed by atoms with Gasteiger partial charge in [0.15, 0.2) is 11.5 Å². The third kappa shape index (κ3) is 4.57. The summed E-state index contributed by atoms with van der Waals surface area (Å²) in [6, 6.07) is 11.8. The van der Waals surface area contributed by atoms with Crippen LogP contribution in [0, 0.1) is 0 Å². The summed E-state index contributed by atoms with van der Waals surface area (Å²) in [5.74, 6) is -0.255. The van der Waals surface area contributed by atoms with Crippen LogP contribution >= 0.6 is 0 Å². The second-order valence-corrected chi connectivity index (χ2v) is 6.32. The lowest BCUT2D eigenvalue weighted by atomic mass is 10.1. The fourth-order valence-corrected chi connectivity index (χ4v) is 2.95. The lowest BCUT2D eigenvalue weighted by Gasteiger charge is -2.13. The summed E-state index contributed by atoms with van der Waals surface area (Å²) in [5.41, 5.74) is 1.45. The maximum Gasteiger partial charge on any atom is 0.330 e. The highest BCUT2D eigenvalue weighted by Crippen LogP contribution is 2.28. The highest BCUT2D eigenvalue weighted by atomic mass is 16.5. The molecule has 0 saturated heterocycles. The number of benzene rings is 2. The molecule has 0 N–H and O–H groups in total. The molecule has 0 spiro atoms. The number of methoxy groups -OCH3 is 1. The number of rotatable bonds is 9. The number of fused-ring (bicyclic) bond motifs is 1. The molecule has 1 aliphatic heterocycles. The smallest absolute Gasteiger partial charge is 0.330 e. The maximum absolute atomic E-state index is 12.3. The second-order valence-electron chi connectivity index (χ2n) is 6.32. The van der Waals surface area contributed by atoms with Gasteiger partial charge in [-0.15, -0.1) is 0 Å². The Morgan fingerprint density at radius 1 is 1.07 bits per heavy atom. The number of ether oxygens (including phenoxy) is 3. The van der Waals surface area contributed by atoms with Crippen LogP contribution < -0.4 is 9.47 Å². The number of imide groups is 1. The summed E-state index contributed by atoms with van der Waals surface area (Å²) >= 11 is 0. The minimum absolute atomic E-state index is 0.00487. The quantitative estimate of drug-likeness (QED) is 0.275. The zero-order valence-electron chi connectivity index (χ0n) is 16.5. The van der Waals surface area contributed by atoms with E-state index in [1.54, 1.807) is 54.6 Å². The Morgan fingerprint density at radius 2 is 1.77 bits per heavy atom. The van der Waals surface area contributed by atoms with E-state index in [1.807, 2.05) is 0 Å². The molecule has 7 heteroatoms. The molecule has 2 aromatic rings. The molecule has 7 nitrogen and oxygen atoms in total. The van der Waals surface area contributed by atoms with Crippen LogP contribution in [0.1, 0.15) is 26.3 Å². The van der Waals surface area contributed by atoms with Gasteiger partial charge in [0, 0.05) is 6.08 Å². The molecule has 3 rings (SSSR count). The predicted molar refractivity (Wildman–Crippen MR) is 110 cm³/mol. The Morgan fingerprint density at radius 3 is 2.40 bits per heavy atom. The van der Waals surface area contributed by atoms with Crippen molar-refractivity contribution < 1.29 is 28.6 Å². The number of carbonyl (C=O) groups excluding carboxylic acids is 3. The standard InChI is InChI=1S/C23H21NO6/c1-3-13-29-19-10-8-16(15-20(19)28-2)9-11-21(25)30-14-12-24-22(26)17-6-4-5-7-18(17)23(24)27/h3-11,15H,1,12-14H2,2H3/b11-9+. The van der Waals surface area contributed by atoms with Crippen LogP contribution in [0.15, 0.2) is 61.2 Å². The Kier molecular flexibility index (Phi) is 6.64. The molecule has 154 valence electrons. The molecule has 2 amide bonds. The van der Waals surface area contributed by atoms with E-state index in [-0.39, 0.29) is 25.0 Å². The largest absolute Gasteiger partial charge is 0.493 e. The molecule has 0 fully saturated rings. The lowest BCUT2D eigenvalue weighted by molar-refractivity contribution is -0.137. The van der Waals surface area contributed by atoms with E-state index in [9.17, 15) is 14.4 Å². The van der Waals surface area contributed by atoms with Gasteiger partial charge < -0.3 is 14.2 Å². The molecule has 0 radical (unpaired) electrons. The molecule has 2 aromatic carbocycles. The number of nitrogens with zero attached hydrogens (tertiary/aromatic N) is 1. The average Bonchev–Trinajstić information content (AvgIpc) is 3.01. The van der Waals surface area contributed by atoms with Crippen LogP contribution in [-0.4, -0.2) is 49.6 Å². The third-order valence-corrected chi connectivity index (χ3v) is 4.39. The summed E-state index contributed by atoms with van der Waals surface area (Å²) in [4.78, 5) is 37.6. The Balaban J connectivity index is 1.53. The van der Waals surface area contributed by atoms with Crippen LogP contribution in [0.2, 0.25) is 0 Å². The number of hydrogen-bond acceptors (Lipinski definition) is 6. The van der Waals surface area contributed by atoms with Crippen molar-refractivity contribution in [3.8, 4) is 11.5 Å². The first-order chi connectivity index (χ1) is 14.5. The first-order valence-electron chi connectivity index (χ1n) is 9.27. The van der Waals surface area contributed by atoms with E-state index in [0.29, 0.717) is 29.2 Å². The van der Waals surface area contributed by atoms with E-state index in [0.717, 1.165) is 10.5 Å². The van der Waals surface area contributed by atoms with Crippen molar-refractivity contribution in [2.24, 2.45) is 0 Å². The molecule has 0 aliphatic carbocycles. The Labute approximate surface area is 174 Å². The van der Waals surface area contributed by atoms with Gasteiger partial charge in [-0.2, -0.15) is 0 Å². The van der Waals surface area contributed by atoms with Crippen LogP contribution in [0.5, 0.6) is 11.5 Å². The minimum Gasteiger partial charge on any atom is -0.493 e. The van der Waals surface area contributed by atoms with Crippen molar-refractivity contribution in [2.75, 3.05) is 26.9 Å². The van der Waals surface area contributed by atoms with E-state index in [1.165, 1.54) is 13.2 Å². The summed E-state index contributed by atoms with van der Waals surface area (Å²) < 4.78 is 15.9. The molecular formula is C23H21NO6. The normalized spacial score (nSPS) is 12.8. The van der Waals surface area contributed by atoms with Crippen LogP contribution in [-0.2, 0) is 9.53 Å². The van der Waals surface area contributed by atoms with Gasteiger partial charge >= 0.3 is 5.97 Å². The zero-order valence-corrected chi connectivity index (χ0v) is 16.5. The van der Waals surface area contributed by atoms with Crippen molar-refractivity contribution in [3.05, 3.63) is 77.9 Å². The fraction of sp³-hybridized carbons (Fsp3) is 0.174. The summed E-state index contributed by atoms with van der Waals surface area (Å²) in [6.07, 6.45) is 4.47. The van der Waals surface area contributed by atoms with Gasteiger partial charge in [0.2, 0.25) is 0 Å². The first-order valence-corrected chi connectivity index (χ1v) is 9.27. The molecule has 0 atom stereocenters. The fourth-order valence-electron chi connectivity index (χ4n) is 2.95. The highest BCUT2D eigenvalue weighted by Gasteiger charge is 2.34. The van der Waals surface area contributed by atoms with Gasteiger partial charge in [-0.1, -0.05) is 30.9 Å². The van der Waals surface area contributed by atoms with Crippen LogP contribution in [0.3, 0.4) is 0 Å². The van der Waals surface area contributed by atoms with Crippen molar-refractivity contribution in [2.45, 2.75) is 0 Å². The monoisotopic (exact) mass is 407 g/mol. The van der Waals surface area contributed by atoms with Gasteiger partial charge in [-0.05, 0) is 35.9 Å². The van der Waals surface area contributed by atoms with Crippen LogP contribution in [0.4, 0.5) is 0 Å². The second kappa shape index (κ2) is 9.56. The summed E-state index contributed by atoms with van der Waals surface area (Å²) in [6.45, 7) is 3.85. The van der Waals surface area contributed by atoms with E-state index >= 15 is 0 Å². The van der Waals surface area contributed by atoms with Crippen molar-refractivity contribution >= 4 is 23.9 Å². The van der Waals surface area contributed by atoms with Gasteiger partial charge in [0.05, 0.1) is 24.8 Å². The molecule has 1 heterocycles. The van der Waals surface area contributed by atoms with E-state index < -0.39 is 5.97 Å². The molecule has 0 aromatic heterocycles. The lowest BCUT2D eigenvalue weighted by Crippen LogP contribution is -2.33. The number of amides is 2. The summed E-state index contributed by atoms with van der Waals surface area (Å²) in [5, 5.41) is 0. The SMILES string of the molecule is C=CCOc1ccc(/C=C/C(=O)OCCN2C(=O)c3ccccc3C2=O)cc1OC. The van der Waals surface area contributed by atoms with Gasteiger partial charge in [-0.25, -0.2) is 4.79 Å². The Bertz CT molecular complexity index is 976. The van der Waals surface area contributed by atoms with Gasteiger partial charge in [0.25, 0.3) is 11.8 Å². The maximum atomic E-state index is 12.3. The zero-order chi connectivity index (χ0) is 21.5. The molecule has 30 heavy (non-hydrogen) atoms. The van der Waals surface area contributed by atoms with Crippen molar-refractivity contribution in [1.82, 2.24) is 4.90 Å². The van der Waals surface area contributed by atoms with E-state index in [4.69, 9.17) is 14.2 Å². The third-order valence-electron chi connectivity index (χ3n) is 4.39. The molecule has 0 unspecified atom stereocenters. The van der Waals surface area contributed by atoms with Gasteiger partial charge in [0.1, 0.15) is 13.2 Å². The van der Waals surface area contributed by atoms with Gasteiger partial charge in [-0.3, -0.25) is 14.5 Å². The summed E-state index contributed by atoms with van der Waals surface area (Å²) in [7, 11) is 1.52. The van der Waals surface area contributed by atoms with Crippen molar-refractivity contribution in [3.63, 3.8) is 0 Å².